The van der Waals surface area contributed by atoms with Gasteiger partial charge in [-0.2, -0.15) is 0 Å². The normalized spacial score (nSPS) is 34.4. The molecule has 7 atom stereocenters. The van der Waals surface area contributed by atoms with E-state index in [1.807, 2.05) is 6.92 Å². The minimum atomic E-state index is -1.97. The first-order valence-corrected chi connectivity index (χ1v) is 16.8. The Morgan fingerprint density at radius 3 is 2.40 bits per heavy atom. The molecule has 0 aromatic rings. The Morgan fingerprint density at radius 1 is 1.06 bits per heavy atom. The third kappa shape index (κ3) is 8.24. The van der Waals surface area contributed by atoms with Crippen LogP contribution in [0.15, 0.2) is 0 Å². The summed E-state index contributed by atoms with van der Waals surface area (Å²) in [7, 11) is -1.97. The van der Waals surface area contributed by atoms with Crippen molar-refractivity contribution in [2.24, 2.45) is 11.8 Å². The van der Waals surface area contributed by atoms with Crippen molar-refractivity contribution >= 4 is 14.3 Å². The highest BCUT2D eigenvalue weighted by Crippen LogP contribution is 2.48. The van der Waals surface area contributed by atoms with Gasteiger partial charge in [-0.15, -0.1) is 0 Å². The van der Waals surface area contributed by atoms with Crippen LogP contribution >= 0.6 is 0 Å². The van der Waals surface area contributed by atoms with Gasteiger partial charge in [0.25, 0.3) is 0 Å². The average Bonchev–Trinajstić information content (AvgIpc) is 3.33. The second-order valence-corrected chi connectivity index (χ2v) is 17.0. The van der Waals surface area contributed by atoms with Gasteiger partial charge in [0, 0.05) is 18.9 Å². The van der Waals surface area contributed by atoms with Gasteiger partial charge in [-0.3, -0.25) is 4.79 Å². The molecule has 0 aromatic carbocycles. The highest BCUT2D eigenvalue weighted by Gasteiger charge is 2.53. The standard InChI is InChI=1S/C27H50O7Si/c1-19-31-18-23(32-19)26-20(13-9-7-8-10-14-24(28)29)21(34-35(5,6)27(2,3)4)17-22(26)33-25-15-11-12-16-30-25/h19-23,25-26H,7-18H2,1-6H3,(H,28,29)/t19?,20-,21-,22+,23-,25?,26+/m0/s1. The van der Waals surface area contributed by atoms with Crippen LogP contribution in [0.25, 0.3) is 0 Å². The first-order chi connectivity index (χ1) is 16.5. The van der Waals surface area contributed by atoms with Crippen molar-refractivity contribution in [2.45, 2.75) is 141 Å². The van der Waals surface area contributed by atoms with Crippen molar-refractivity contribution in [2.75, 3.05) is 13.2 Å². The fourth-order valence-corrected chi connectivity index (χ4v) is 6.98. The Kier molecular flexibility index (Phi) is 10.6. The van der Waals surface area contributed by atoms with Gasteiger partial charge in [-0.1, -0.05) is 40.0 Å². The lowest BCUT2D eigenvalue weighted by atomic mass is 9.84. The van der Waals surface area contributed by atoms with E-state index < -0.39 is 14.3 Å². The van der Waals surface area contributed by atoms with Crippen LogP contribution < -0.4 is 0 Å². The minimum Gasteiger partial charge on any atom is -0.481 e. The van der Waals surface area contributed by atoms with Crippen LogP contribution in [0.2, 0.25) is 18.1 Å². The van der Waals surface area contributed by atoms with Gasteiger partial charge in [0.2, 0.25) is 0 Å². The van der Waals surface area contributed by atoms with E-state index in [4.69, 9.17) is 28.5 Å². The van der Waals surface area contributed by atoms with E-state index in [9.17, 15) is 4.79 Å². The molecule has 0 bridgehead atoms. The molecule has 3 fully saturated rings. The summed E-state index contributed by atoms with van der Waals surface area (Å²) in [6.45, 7) is 14.9. The molecular weight excluding hydrogens is 464 g/mol. The average molecular weight is 515 g/mol. The molecule has 3 aliphatic rings. The van der Waals surface area contributed by atoms with Crippen LogP contribution in [-0.4, -0.2) is 63.5 Å². The zero-order valence-corrected chi connectivity index (χ0v) is 23.9. The van der Waals surface area contributed by atoms with Gasteiger partial charge in [0.05, 0.1) is 24.9 Å². The predicted octanol–water partition coefficient (Wildman–Crippen LogP) is 6.11. The van der Waals surface area contributed by atoms with E-state index in [1.54, 1.807) is 0 Å². The Bertz CT molecular complexity index is 658. The Labute approximate surface area is 213 Å². The second kappa shape index (κ2) is 12.8. The quantitative estimate of drug-likeness (QED) is 0.248. The number of ether oxygens (including phenoxy) is 4. The molecule has 2 saturated heterocycles. The van der Waals surface area contributed by atoms with Crippen LogP contribution in [0.5, 0.6) is 0 Å². The summed E-state index contributed by atoms with van der Waals surface area (Å²) in [6, 6.07) is 0. The smallest absolute Gasteiger partial charge is 0.303 e. The number of hydrogen-bond acceptors (Lipinski definition) is 6. The third-order valence-corrected chi connectivity index (χ3v) is 13.1. The molecule has 2 aliphatic heterocycles. The summed E-state index contributed by atoms with van der Waals surface area (Å²) >= 11 is 0. The van der Waals surface area contributed by atoms with Gasteiger partial charge in [0.15, 0.2) is 20.9 Å². The number of carboxylic acids is 1. The fourth-order valence-electron chi connectivity index (χ4n) is 5.60. The van der Waals surface area contributed by atoms with Crippen molar-refractivity contribution in [3.63, 3.8) is 0 Å². The highest BCUT2D eigenvalue weighted by molar-refractivity contribution is 6.74. The molecule has 1 N–H and O–H groups in total. The molecule has 35 heavy (non-hydrogen) atoms. The molecule has 0 aromatic heterocycles. The summed E-state index contributed by atoms with van der Waals surface area (Å²) in [5.74, 6) is -0.170. The summed E-state index contributed by atoms with van der Waals surface area (Å²) in [6.07, 6.45) is 9.00. The summed E-state index contributed by atoms with van der Waals surface area (Å²) < 4.78 is 31.8. The molecule has 7 nitrogen and oxygen atoms in total. The number of unbranched alkanes of at least 4 members (excludes halogenated alkanes) is 3. The fraction of sp³-hybridized carbons (Fsp3) is 0.963. The second-order valence-electron chi connectivity index (χ2n) is 12.3. The monoisotopic (exact) mass is 514 g/mol. The van der Waals surface area contributed by atoms with Crippen molar-refractivity contribution in [1.82, 2.24) is 0 Å². The minimum absolute atomic E-state index is 0.00335. The molecule has 0 spiro atoms. The number of carboxylic acid groups (broad SMARTS) is 1. The van der Waals surface area contributed by atoms with Crippen LogP contribution in [-0.2, 0) is 28.2 Å². The Hall–Kier alpha value is -0.513. The zero-order valence-electron chi connectivity index (χ0n) is 22.9. The molecule has 1 aliphatic carbocycles. The Morgan fingerprint density at radius 2 is 1.80 bits per heavy atom. The van der Waals surface area contributed by atoms with E-state index >= 15 is 0 Å². The third-order valence-electron chi connectivity index (χ3n) is 8.55. The molecule has 0 radical (unpaired) electrons. The predicted molar refractivity (Wildman–Crippen MR) is 138 cm³/mol. The molecule has 204 valence electrons. The molecule has 3 rings (SSSR count). The summed E-state index contributed by atoms with van der Waals surface area (Å²) in [4.78, 5) is 10.9. The molecular formula is C27H50O7Si. The van der Waals surface area contributed by atoms with Crippen LogP contribution in [0.1, 0.15) is 91.9 Å². The van der Waals surface area contributed by atoms with E-state index in [-0.39, 0.29) is 48.3 Å². The molecule has 1 saturated carbocycles. The number of rotatable bonds is 12. The zero-order chi connectivity index (χ0) is 25.6. The number of hydrogen-bond donors (Lipinski definition) is 1. The van der Waals surface area contributed by atoms with E-state index in [2.05, 4.69) is 33.9 Å². The maximum atomic E-state index is 10.9. The lowest BCUT2D eigenvalue weighted by molar-refractivity contribution is -0.203. The first kappa shape index (κ1) is 29.0. The molecule has 2 heterocycles. The highest BCUT2D eigenvalue weighted by atomic mass is 28.4. The molecule has 8 heteroatoms. The van der Waals surface area contributed by atoms with Crippen LogP contribution in [0.4, 0.5) is 0 Å². The lowest BCUT2D eigenvalue weighted by Crippen LogP contribution is -2.45. The Balaban J connectivity index is 1.75. The maximum absolute atomic E-state index is 10.9. The van der Waals surface area contributed by atoms with Gasteiger partial charge >= 0.3 is 5.97 Å². The van der Waals surface area contributed by atoms with Crippen LogP contribution in [0.3, 0.4) is 0 Å². The summed E-state index contributed by atoms with van der Waals surface area (Å²) in [5.41, 5.74) is 0. The van der Waals surface area contributed by atoms with Crippen molar-refractivity contribution < 1.29 is 33.3 Å². The molecule has 2 unspecified atom stereocenters. The maximum Gasteiger partial charge on any atom is 0.303 e. The van der Waals surface area contributed by atoms with Gasteiger partial charge in [-0.25, -0.2) is 0 Å². The van der Waals surface area contributed by atoms with Gasteiger partial charge in [0.1, 0.15) is 0 Å². The van der Waals surface area contributed by atoms with Crippen molar-refractivity contribution in [3.05, 3.63) is 0 Å². The first-order valence-electron chi connectivity index (χ1n) is 13.9. The summed E-state index contributed by atoms with van der Waals surface area (Å²) in [5, 5.41) is 9.07. The topological polar surface area (TPSA) is 83.5 Å². The van der Waals surface area contributed by atoms with Gasteiger partial charge < -0.3 is 28.5 Å². The van der Waals surface area contributed by atoms with E-state index in [1.165, 1.54) is 0 Å². The van der Waals surface area contributed by atoms with Gasteiger partial charge in [-0.05, 0) is 69.5 Å². The van der Waals surface area contributed by atoms with E-state index in [0.717, 1.165) is 64.4 Å². The van der Waals surface area contributed by atoms with Crippen molar-refractivity contribution in [1.29, 1.82) is 0 Å². The number of carbonyl (C=O) groups is 1. The SMILES string of the molecule is CC1OC[C@@H]([C@@H]2[C@@H](CCCCCCC(=O)O)[C@@H](O[Si](C)(C)C(C)(C)C)C[C@H]2OC2CCCCO2)O1. The van der Waals surface area contributed by atoms with E-state index in [0.29, 0.717) is 12.5 Å². The number of aliphatic carboxylic acids is 1. The molecule has 0 amide bonds. The largest absolute Gasteiger partial charge is 0.481 e. The lowest BCUT2D eigenvalue weighted by Gasteiger charge is -2.40. The van der Waals surface area contributed by atoms with Crippen LogP contribution in [0, 0.1) is 11.8 Å². The van der Waals surface area contributed by atoms with Crippen molar-refractivity contribution in [3.8, 4) is 0 Å².